The molecule has 0 amide bonds. The highest BCUT2D eigenvalue weighted by Gasteiger charge is 2.39. The van der Waals surface area contributed by atoms with Crippen LogP contribution in [0.25, 0.3) is 0 Å². The summed E-state index contributed by atoms with van der Waals surface area (Å²) in [5, 5.41) is 4.26. The van der Waals surface area contributed by atoms with Gasteiger partial charge in [-0.25, -0.2) is 0 Å². The molecule has 14 heavy (non-hydrogen) atoms. The normalized spacial score (nSPS) is 33.6. The van der Waals surface area contributed by atoms with E-state index < -0.39 is 0 Å². The quantitative estimate of drug-likeness (QED) is 0.663. The minimum absolute atomic E-state index is 0.366. The smallest absolute Gasteiger partial charge is 0.138 e. The van der Waals surface area contributed by atoms with Crippen molar-refractivity contribution in [3.05, 3.63) is 0 Å². The standard InChI is InChI=1S/C12H21NO/c1-8(2)9(3)12-10-6-4-5-7-11(10)13-14-12/h8-10,12H,4-7H2,1-3H3/t9?,10-,12-/m0/s1. The van der Waals surface area contributed by atoms with Crippen molar-refractivity contribution in [3.63, 3.8) is 0 Å². The lowest BCUT2D eigenvalue weighted by atomic mass is 9.77. The molecule has 1 unspecified atom stereocenters. The maximum absolute atomic E-state index is 5.61. The average Bonchev–Trinajstić information content (AvgIpc) is 2.60. The molecule has 0 aromatic carbocycles. The fraction of sp³-hybridized carbons (Fsp3) is 0.917. The molecule has 2 rings (SSSR count). The van der Waals surface area contributed by atoms with E-state index in [0.717, 1.165) is 0 Å². The topological polar surface area (TPSA) is 21.6 Å². The number of nitrogens with zero attached hydrogens (tertiary/aromatic N) is 1. The Hall–Kier alpha value is -0.530. The number of rotatable bonds is 2. The van der Waals surface area contributed by atoms with Gasteiger partial charge in [-0.3, -0.25) is 0 Å². The summed E-state index contributed by atoms with van der Waals surface area (Å²) in [6.07, 6.45) is 5.49. The molecule has 2 heteroatoms. The van der Waals surface area contributed by atoms with E-state index >= 15 is 0 Å². The van der Waals surface area contributed by atoms with E-state index in [1.54, 1.807) is 0 Å². The fourth-order valence-corrected chi connectivity index (χ4v) is 2.53. The summed E-state index contributed by atoms with van der Waals surface area (Å²) in [6, 6.07) is 0. The lowest BCUT2D eigenvalue weighted by molar-refractivity contribution is 0.00557. The second-order valence-electron chi connectivity index (χ2n) is 5.11. The van der Waals surface area contributed by atoms with Crippen molar-refractivity contribution in [1.29, 1.82) is 0 Å². The predicted octanol–water partition coefficient (Wildman–Crippen LogP) is 3.22. The van der Waals surface area contributed by atoms with Gasteiger partial charge < -0.3 is 4.84 Å². The van der Waals surface area contributed by atoms with Crippen LogP contribution in [0, 0.1) is 17.8 Å². The van der Waals surface area contributed by atoms with Crippen LogP contribution in [0.4, 0.5) is 0 Å². The Labute approximate surface area is 86.7 Å². The van der Waals surface area contributed by atoms with Crippen molar-refractivity contribution < 1.29 is 4.84 Å². The molecule has 0 saturated heterocycles. The van der Waals surface area contributed by atoms with E-state index in [1.807, 2.05) is 0 Å². The van der Waals surface area contributed by atoms with Crippen LogP contribution in [0.5, 0.6) is 0 Å². The molecule has 2 aliphatic rings. The van der Waals surface area contributed by atoms with Gasteiger partial charge in [0.15, 0.2) is 0 Å². The van der Waals surface area contributed by atoms with Gasteiger partial charge in [0.1, 0.15) is 6.10 Å². The van der Waals surface area contributed by atoms with Crippen LogP contribution in [0.2, 0.25) is 0 Å². The molecule has 0 radical (unpaired) electrons. The summed E-state index contributed by atoms with van der Waals surface area (Å²) in [5.41, 5.74) is 1.34. The minimum Gasteiger partial charge on any atom is -0.392 e. The summed E-state index contributed by atoms with van der Waals surface area (Å²) >= 11 is 0. The molecule has 1 aliphatic carbocycles. The molecule has 3 atom stereocenters. The van der Waals surface area contributed by atoms with Crippen molar-refractivity contribution in [1.82, 2.24) is 0 Å². The predicted molar refractivity (Wildman–Crippen MR) is 58.3 cm³/mol. The fourth-order valence-electron chi connectivity index (χ4n) is 2.53. The summed E-state index contributed by atoms with van der Waals surface area (Å²) < 4.78 is 0. The highest BCUT2D eigenvalue weighted by molar-refractivity contribution is 5.88. The van der Waals surface area contributed by atoms with E-state index in [1.165, 1.54) is 31.4 Å². The van der Waals surface area contributed by atoms with E-state index in [9.17, 15) is 0 Å². The van der Waals surface area contributed by atoms with Crippen LogP contribution in [-0.2, 0) is 4.84 Å². The Bertz CT molecular complexity index is 234. The molecule has 1 aliphatic heterocycles. The maximum Gasteiger partial charge on any atom is 0.138 e. The third-order valence-corrected chi connectivity index (χ3v) is 3.88. The second kappa shape index (κ2) is 3.92. The first-order chi connectivity index (χ1) is 6.70. The van der Waals surface area contributed by atoms with Gasteiger partial charge in [0.25, 0.3) is 0 Å². The van der Waals surface area contributed by atoms with E-state index in [2.05, 4.69) is 25.9 Å². The third-order valence-electron chi connectivity index (χ3n) is 3.88. The van der Waals surface area contributed by atoms with Gasteiger partial charge in [0.2, 0.25) is 0 Å². The first-order valence-corrected chi connectivity index (χ1v) is 5.92. The lowest BCUT2D eigenvalue weighted by Crippen LogP contribution is -2.33. The molecule has 1 heterocycles. The Morgan fingerprint density at radius 2 is 2.07 bits per heavy atom. The molecule has 0 spiro atoms. The van der Waals surface area contributed by atoms with E-state index in [-0.39, 0.29) is 0 Å². The molecule has 80 valence electrons. The van der Waals surface area contributed by atoms with Crippen molar-refractivity contribution in [3.8, 4) is 0 Å². The van der Waals surface area contributed by atoms with Gasteiger partial charge in [-0.1, -0.05) is 32.3 Å². The molecule has 0 N–H and O–H groups in total. The summed E-state index contributed by atoms with van der Waals surface area (Å²) in [4.78, 5) is 5.61. The first-order valence-electron chi connectivity index (χ1n) is 5.92. The number of hydrogen-bond acceptors (Lipinski definition) is 2. The number of oxime groups is 1. The van der Waals surface area contributed by atoms with Gasteiger partial charge in [0, 0.05) is 5.92 Å². The van der Waals surface area contributed by atoms with Crippen LogP contribution in [0.15, 0.2) is 5.16 Å². The zero-order chi connectivity index (χ0) is 10.1. The van der Waals surface area contributed by atoms with Crippen molar-refractivity contribution in [2.45, 2.75) is 52.6 Å². The van der Waals surface area contributed by atoms with Gasteiger partial charge in [-0.05, 0) is 31.1 Å². The minimum atomic E-state index is 0.366. The molecule has 0 aromatic rings. The Morgan fingerprint density at radius 3 is 2.79 bits per heavy atom. The van der Waals surface area contributed by atoms with Gasteiger partial charge in [0.05, 0.1) is 5.71 Å². The largest absolute Gasteiger partial charge is 0.392 e. The Kier molecular flexibility index (Phi) is 2.80. The third kappa shape index (κ3) is 1.67. The Morgan fingerprint density at radius 1 is 1.29 bits per heavy atom. The summed E-state index contributed by atoms with van der Waals surface area (Å²) in [5.74, 6) is 1.96. The summed E-state index contributed by atoms with van der Waals surface area (Å²) in [7, 11) is 0. The molecule has 1 saturated carbocycles. The van der Waals surface area contributed by atoms with E-state index in [0.29, 0.717) is 23.9 Å². The van der Waals surface area contributed by atoms with Crippen LogP contribution in [0.3, 0.4) is 0 Å². The van der Waals surface area contributed by atoms with Crippen molar-refractivity contribution >= 4 is 5.71 Å². The highest BCUT2D eigenvalue weighted by Crippen LogP contribution is 2.36. The second-order valence-corrected chi connectivity index (χ2v) is 5.11. The first kappa shape index (κ1) is 10.0. The number of fused-ring (bicyclic) bond motifs is 1. The number of hydrogen-bond donors (Lipinski definition) is 0. The van der Waals surface area contributed by atoms with Gasteiger partial charge in [-0.2, -0.15) is 0 Å². The zero-order valence-corrected chi connectivity index (χ0v) is 9.49. The zero-order valence-electron chi connectivity index (χ0n) is 9.49. The van der Waals surface area contributed by atoms with Gasteiger partial charge >= 0.3 is 0 Å². The van der Waals surface area contributed by atoms with E-state index in [4.69, 9.17) is 4.84 Å². The highest BCUT2D eigenvalue weighted by atomic mass is 16.6. The molecular formula is C12H21NO. The van der Waals surface area contributed by atoms with Gasteiger partial charge in [-0.15, -0.1) is 0 Å². The molecule has 2 nitrogen and oxygen atoms in total. The lowest BCUT2D eigenvalue weighted by Gasteiger charge is -2.28. The molecule has 1 fully saturated rings. The molecular weight excluding hydrogens is 174 g/mol. The van der Waals surface area contributed by atoms with Crippen molar-refractivity contribution in [2.75, 3.05) is 0 Å². The average molecular weight is 195 g/mol. The van der Waals surface area contributed by atoms with Crippen LogP contribution < -0.4 is 0 Å². The summed E-state index contributed by atoms with van der Waals surface area (Å²) in [6.45, 7) is 6.84. The Balaban J connectivity index is 2.03. The SMILES string of the molecule is CC(C)C(C)[C@@H]1ON=C2CCCC[C@@H]21. The maximum atomic E-state index is 5.61. The van der Waals surface area contributed by atoms with Crippen LogP contribution >= 0.6 is 0 Å². The van der Waals surface area contributed by atoms with Crippen LogP contribution in [-0.4, -0.2) is 11.8 Å². The molecule has 0 bridgehead atoms. The molecule has 0 aromatic heterocycles. The monoisotopic (exact) mass is 195 g/mol. The van der Waals surface area contributed by atoms with Crippen molar-refractivity contribution in [2.24, 2.45) is 22.9 Å². The van der Waals surface area contributed by atoms with Crippen LogP contribution in [0.1, 0.15) is 46.5 Å².